The minimum atomic E-state index is -0.627. The Hall–Kier alpha value is -1.17. The van der Waals surface area contributed by atoms with Crippen molar-refractivity contribution in [1.82, 2.24) is 4.90 Å². The molecular formula is C27H32Cl3NO2S. The third kappa shape index (κ3) is 6.73. The van der Waals surface area contributed by atoms with Crippen LogP contribution in [0.5, 0.6) is 0 Å². The molecule has 0 radical (unpaired) electrons. The van der Waals surface area contributed by atoms with Crippen LogP contribution in [0.25, 0.3) is 0 Å². The summed E-state index contributed by atoms with van der Waals surface area (Å²) in [5.41, 5.74) is 1.79. The number of hydrogen-bond donors (Lipinski definition) is 0. The zero-order chi connectivity index (χ0) is 25.0. The molecule has 2 aromatic rings. The molecule has 1 fully saturated rings. The van der Waals surface area contributed by atoms with Crippen molar-refractivity contribution in [2.75, 3.05) is 5.75 Å². The number of halogens is 3. The molecule has 1 unspecified atom stereocenters. The van der Waals surface area contributed by atoms with Crippen LogP contribution in [0.4, 0.5) is 0 Å². The zero-order valence-corrected chi connectivity index (χ0v) is 23.1. The van der Waals surface area contributed by atoms with E-state index in [1.807, 2.05) is 53.1 Å². The van der Waals surface area contributed by atoms with E-state index in [-0.39, 0.29) is 22.7 Å². The highest BCUT2D eigenvalue weighted by atomic mass is 35.5. The SMILES string of the molecule is C=CC[C@@H]1O[C@H](c2cc(Cl)cc(Cl)c2)[C@@H](c2ccc(Cl)cc2)N(C(CC)CSC(C)(C)C)C1=O. The van der Waals surface area contributed by atoms with Gasteiger partial charge in [0.25, 0.3) is 5.91 Å². The smallest absolute Gasteiger partial charge is 0.252 e. The summed E-state index contributed by atoms with van der Waals surface area (Å²) < 4.78 is 6.57. The second-order valence-corrected chi connectivity index (χ2v) is 12.7. The topological polar surface area (TPSA) is 29.5 Å². The van der Waals surface area contributed by atoms with E-state index in [4.69, 9.17) is 39.5 Å². The maximum absolute atomic E-state index is 13.9. The summed E-state index contributed by atoms with van der Waals surface area (Å²) in [7, 11) is 0. The molecule has 4 atom stereocenters. The number of rotatable bonds is 8. The van der Waals surface area contributed by atoms with Crippen molar-refractivity contribution in [2.24, 2.45) is 0 Å². The Balaban J connectivity index is 2.16. The van der Waals surface area contributed by atoms with E-state index >= 15 is 0 Å². The van der Waals surface area contributed by atoms with Gasteiger partial charge in [0.2, 0.25) is 0 Å². The molecule has 0 N–H and O–H groups in total. The molecule has 1 aliphatic rings. The van der Waals surface area contributed by atoms with Crippen LogP contribution in [0, 0.1) is 0 Å². The Kier molecular flexibility index (Phi) is 9.44. The highest BCUT2D eigenvalue weighted by Crippen LogP contribution is 2.46. The van der Waals surface area contributed by atoms with Crippen LogP contribution in [0.15, 0.2) is 55.1 Å². The second kappa shape index (κ2) is 11.7. The van der Waals surface area contributed by atoms with Crippen LogP contribution < -0.4 is 0 Å². The van der Waals surface area contributed by atoms with Crippen LogP contribution in [0.1, 0.15) is 63.8 Å². The minimum absolute atomic E-state index is 0.0192. The van der Waals surface area contributed by atoms with Crippen molar-refractivity contribution in [1.29, 1.82) is 0 Å². The summed E-state index contributed by atoms with van der Waals surface area (Å²) in [6.45, 7) is 12.6. The first-order valence-electron chi connectivity index (χ1n) is 11.5. The van der Waals surface area contributed by atoms with Crippen molar-refractivity contribution in [3.8, 4) is 0 Å². The Morgan fingerprint density at radius 1 is 1.06 bits per heavy atom. The number of benzene rings is 2. The largest absolute Gasteiger partial charge is 0.358 e. The van der Waals surface area contributed by atoms with Gasteiger partial charge in [-0.1, -0.05) is 80.7 Å². The Bertz CT molecular complexity index is 986. The van der Waals surface area contributed by atoms with Gasteiger partial charge < -0.3 is 9.64 Å². The van der Waals surface area contributed by atoms with Gasteiger partial charge in [-0.2, -0.15) is 11.8 Å². The fraction of sp³-hybridized carbons (Fsp3) is 0.444. The molecule has 34 heavy (non-hydrogen) atoms. The van der Waals surface area contributed by atoms with E-state index < -0.39 is 12.2 Å². The Labute approximate surface area is 222 Å². The van der Waals surface area contributed by atoms with Gasteiger partial charge in [-0.3, -0.25) is 4.79 Å². The molecule has 0 aliphatic carbocycles. The number of carbonyl (C=O) groups is 1. The standard InChI is InChI=1S/C27H32Cl3NO2S/c1-6-8-23-26(32)31(22(7-2)16-34-27(3,4)5)24(17-9-11-19(28)12-10-17)25(33-23)18-13-20(29)15-21(30)14-18/h6,9-15,22-25H,1,7-8,16H2,2-5H3/t22?,23-,24+,25+/m0/s1. The van der Waals surface area contributed by atoms with E-state index in [1.165, 1.54) is 0 Å². The van der Waals surface area contributed by atoms with E-state index in [0.717, 1.165) is 23.3 Å². The number of ether oxygens (including phenoxy) is 1. The number of amides is 1. The first-order valence-corrected chi connectivity index (χ1v) is 13.6. The molecular weight excluding hydrogens is 509 g/mol. The van der Waals surface area contributed by atoms with E-state index in [1.54, 1.807) is 12.1 Å². The van der Waals surface area contributed by atoms with E-state index in [0.29, 0.717) is 21.5 Å². The van der Waals surface area contributed by atoms with Crippen molar-refractivity contribution in [2.45, 2.75) is 69.6 Å². The Morgan fingerprint density at radius 2 is 1.68 bits per heavy atom. The highest BCUT2D eigenvalue weighted by molar-refractivity contribution is 8.00. The average Bonchev–Trinajstić information content (AvgIpc) is 2.75. The summed E-state index contributed by atoms with van der Waals surface area (Å²) in [6, 6.07) is 12.7. The number of morpholine rings is 1. The predicted molar refractivity (Wildman–Crippen MR) is 146 cm³/mol. The van der Waals surface area contributed by atoms with Crippen LogP contribution in [0.2, 0.25) is 15.1 Å². The minimum Gasteiger partial charge on any atom is -0.358 e. The fourth-order valence-electron chi connectivity index (χ4n) is 4.21. The van der Waals surface area contributed by atoms with E-state index in [2.05, 4.69) is 34.3 Å². The molecule has 7 heteroatoms. The molecule has 1 saturated heterocycles. The number of nitrogens with zero attached hydrogens (tertiary/aromatic N) is 1. The van der Waals surface area contributed by atoms with Crippen LogP contribution in [0.3, 0.4) is 0 Å². The summed E-state index contributed by atoms with van der Waals surface area (Å²) in [5, 5.41) is 1.69. The summed E-state index contributed by atoms with van der Waals surface area (Å²) in [5.74, 6) is 0.797. The molecule has 1 heterocycles. The van der Waals surface area contributed by atoms with E-state index in [9.17, 15) is 4.79 Å². The van der Waals surface area contributed by atoms with Crippen molar-refractivity contribution in [3.05, 3.63) is 81.3 Å². The van der Waals surface area contributed by atoms with Gasteiger partial charge in [0, 0.05) is 38.0 Å². The monoisotopic (exact) mass is 539 g/mol. The molecule has 184 valence electrons. The third-order valence-corrected chi connectivity index (χ3v) is 7.91. The first-order chi connectivity index (χ1) is 16.0. The molecule has 0 spiro atoms. The van der Waals surface area contributed by atoms with Gasteiger partial charge in [-0.05, 0) is 47.9 Å². The van der Waals surface area contributed by atoms with Crippen molar-refractivity contribution in [3.63, 3.8) is 0 Å². The lowest BCUT2D eigenvalue weighted by molar-refractivity contribution is -0.178. The summed E-state index contributed by atoms with van der Waals surface area (Å²) in [4.78, 5) is 15.9. The molecule has 3 nitrogen and oxygen atoms in total. The van der Waals surface area contributed by atoms with Crippen molar-refractivity contribution < 1.29 is 9.53 Å². The van der Waals surface area contributed by atoms with Crippen LogP contribution in [-0.2, 0) is 9.53 Å². The molecule has 0 saturated carbocycles. The lowest BCUT2D eigenvalue weighted by Gasteiger charge is -2.48. The lowest BCUT2D eigenvalue weighted by Crippen LogP contribution is -2.55. The summed E-state index contributed by atoms with van der Waals surface area (Å²) >= 11 is 20.8. The number of thioether (sulfide) groups is 1. The fourth-order valence-corrected chi connectivity index (χ4v) is 5.97. The zero-order valence-electron chi connectivity index (χ0n) is 20.1. The predicted octanol–water partition coefficient (Wildman–Crippen LogP) is 8.54. The molecule has 0 aromatic heterocycles. The molecule has 3 rings (SSSR count). The lowest BCUT2D eigenvalue weighted by atomic mass is 9.89. The van der Waals surface area contributed by atoms with Crippen LogP contribution in [-0.4, -0.2) is 33.5 Å². The molecule has 1 amide bonds. The summed E-state index contributed by atoms with van der Waals surface area (Å²) in [6.07, 6.45) is 1.90. The van der Waals surface area contributed by atoms with Gasteiger partial charge in [0.1, 0.15) is 12.2 Å². The number of carbonyl (C=O) groups excluding carboxylic acids is 1. The maximum Gasteiger partial charge on any atom is 0.252 e. The quantitative estimate of drug-likeness (QED) is 0.314. The van der Waals surface area contributed by atoms with Crippen LogP contribution >= 0.6 is 46.6 Å². The van der Waals surface area contributed by atoms with Gasteiger partial charge >= 0.3 is 0 Å². The van der Waals surface area contributed by atoms with Gasteiger partial charge in [0.15, 0.2) is 0 Å². The maximum atomic E-state index is 13.9. The van der Waals surface area contributed by atoms with Gasteiger partial charge in [-0.25, -0.2) is 0 Å². The van der Waals surface area contributed by atoms with Gasteiger partial charge in [0.05, 0.1) is 6.04 Å². The highest BCUT2D eigenvalue weighted by Gasteiger charge is 2.46. The second-order valence-electron chi connectivity index (χ2n) is 9.50. The average molecular weight is 541 g/mol. The molecule has 2 aromatic carbocycles. The first kappa shape index (κ1) is 27.4. The Morgan fingerprint density at radius 3 is 2.21 bits per heavy atom. The normalized spacial score (nSPS) is 22.0. The molecule has 0 bridgehead atoms. The number of hydrogen-bond acceptors (Lipinski definition) is 3. The third-order valence-electron chi connectivity index (χ3n) is 5.81. The van der Waals surface area contributed by atoms with Crippen molar-refractivity contribution >= 4 is 52.5 Å². The van der Waals surface area contributed by atoms with Gasteiger partial charge in [-0.15, -0.1) is 6.58 Å². The molecule has 1 aliphatic heterocycles.